The third kappa shape index (κ3) is 2.83. The fraction of sp³-hybridized carbons (Fsp3) is 0.0833. The van der Waals surface area contributed by atoms with Gasteiger partial charge in [-0.2, -0.15) is 0 Å². The highest BCUT2D eigenvalue weighted by Gasteiger charge is 2.43. The molecule has 0 saturated carbocycles. The summed E-state index contributed by atoms with van der Waals surface area (Å²) in [6.45, 7) is 0. The molecule has 0 bridgehead atoms. The van der Waals surface area contributed by atoms with Crippen LogP contribution in [0.5, 0.6) is 5.75 Å². The summed E-state index contributed by atoms with van der Waals surface area (Å²) in [7, 11) is 1.59. The van der Waals surface area contributed by atoms with Gasteiger partial charge in [0.1, 0.15) is 11.3 Å². The molecule has 0 radical (unpaired) electrons. The Hall–Kier alpha value is -3.38. The van der Waals surface area contributed by atoms with Crippen molar-refractivity contribution >= 4 is 38.5 Å². The van der Waals surface area contributed by atoms with Crippen LogP contribution in [0.15, 0.2) is 86.5 Å². The Morgan fingerprint density at radius 3 is 2.40 bits per heavy atom. The highest BCUT2D eigenvalue weighted by atomic mass is 79.9. The van der Waals surface area contributed by atoms with Crippen LogP contribution in [0.25, 0.3) is 11.0 Å². The second kappa shape index (κ2) is 7.15. The monoisotopic (exact) mass is 461 g/mol. The number of methoxy groups -OCH3 is 1. The molecule has 1 aliphatic rings. The van der Waals surface area contributed by atoms with Gasteiger partial charge in [0.25, 0.3) is 5.91 Å². The molecule has 148 valence electrons. The molecule has 0 saturated heterocycles. The SMILES string of the molecule is COc1ccc(N2C(=O)c3oc4ccc(Br)cc4c(=O)c3C2c2ccccc2)cc1. The van der Waals surface area contributed by atoms with Crippen LogP contribution in [-0.4, -0.2) is 13.0 Å². The topological polar surface area (TPSA) is 59.8 Å². The second-order valence-electron chi connectivity index (χ2n) is 7.00. The maximum Gasteiger partial charge on any atom is 0.295 e. The largest absolute Gasteiger partial charge is 0.497 e. The molecule has 30 heavy (non-hydrogen) atoms. The van der Waals surface area contributed by atoms with Crippen LogP contribution in [0.1, 0.15) is 27.7 Å². The van der Waals surface area contributed by atoms with E-state index in [1.165, 1.54) is 0 Å². The Morgan fingerprint density at radius 2 is 1.70 bits per heavy atom. The minimum atomic E-state index is -0.582. The third-order valence-corrected chi connectivity index (χ3v) is 5.79. The van der Waals surface area contributed by atoms with Gasteiger partial charge in [0.2, 0.25) is 5.76 Å². The molecule has 3 aromatic carbocycles. The van der Waals surface area contributed by atoms with Gasteiger partial charge in [-0.3, -0.25) is 14.5 Å². The molecule has 1 amide bonds. The Bertz CT molecular complexity index is 1330. The zero-order valence-corrected chi connectivity index (χ0v) is 17.5. The lowest BCUT2D eigenvalue weighted by atomic mass is 9.98. The first-order chi connectivity index (χ1) is 14.6. The average Bonchev–Trinajstić information content (AvgIpc) is 3.07. The van der Waals surface area contributed by atoms with E-state index in [0.717, 1.165) is 10.0 Å². The van der Waals surface area contributed by atoms with E-state index in [2.05, 4.69) is 15.9 Å². The maximum absolute atomic E-state index is 13.5. The first kappa shape index (κ1) is 18.6. The van der Waals surface area contributed by atoms with Crippen LogP contribution in [0.3, 0.4) is 0 Å². The summed E-state index contributed by atoms with van der Waals surface area (Å²) in [4.78, 5) is 28.6. The van der Waals surface area contributed by atoms with Crippen molar-refractivity contribution in [3.05, 3.63) is 104 Å². The molecule has 1 aromatic heterocycles. The number of amides is 1. The van der Waals surface area contributed by atoms with E-state index < -0.39 is 6.04 Å². The predicted octanol–water partition coefficient (Wildman–Crippen LogP) is 5.31. The number of carbonyl (C=O) groups excluding carboxylic acids is 1. The first-order valence-corrected chi connectivity index (χ1v) is 10.2. The van der Waals surface area contributed by atoms with Crippen molar-refractivity contribution in [2.24, 2.45) is 0 Å². The van der Waals surface area contributed by atoms with Crippen LogP contribution < -0.4 is 15.1 Å². The summed E-state index contributed by atoms with van der Waals surface area (Å²) in [5, 5.41) is 0.438. The number of nitrogens with zero attached hydrogens (tertiary/aromatic N) is 1. The van der Waals surface area contributed by atoms with Crippen molar-refractivity contribution in [3.63, 3.8) is 0 Å². The van der Waals surface area contributed by atoms with E-state index >= 15 is 0 Å². The Kier molecular flexibility index (Phi) is 4.44. The summed E-state index contributed by atoms with van der Waals surface area (Å²) in [5.74, 6) is 0.425. The zero-order valence-electron chi connectivity index (χ0n) is 16.0. The van der Waals surface area contributed by atoms with Crippen LogP contribution in [0, 0.1) is 0 Å². The van der Waals surface area contributed by atoms with Crippen LogP contribution in [-0.2, 0) is 0 Å². The van der Waals surface area contributed by atoms with Crippen LogP contribution in [0.4, 0.5) is 5.69 Å². The van der Waals surface area contributed by atoms with Gasteiger partial charge in [-0.05, 0) is 48.0 Å². The molecule has 5 rings (SSSR count). The smallest absolute Gasteiger partial charge is 0.295 e. The Morgan fingerprint density at radius 1 is 0.967 bits per heavy atom. The molecular weight excluding hydrogens is 446 g/mol. The van der Waals surface area contributed by atoms with Gasteiger partial charge < -0.3 is 9.15 Å². The van der Waals surface area contributed by atoms with Crippen LogP contribution >= 0.6 is 15.9 Å². The zero-order chi connectivity index (χ0) is 20.8. The van der Waals surface area contributed by atoms with Crippen molar-refractivity contribution in [2.75, 3.05) is 12.0 Å². The van der Waals surface area contributed by atoms with Crippen molar-refractivity contribution in [1.82, 2.24) is 0 Å². The lowest BCUT2D eigenvalue weighted by molar-refractivity contribution is 0.0971. The van der Waals surface area contributed by atoms with Gasteiger partial charge in [-0.25, -0.2) is 0 Å². The normalized spacial score (nSPS) is 15.5. The number of rotatable bonds is 3. The summed E-state index contributed by atoms with van der Waals surface area (Å²) < 4.78 is 12.0. The lowest BCUT2D eigenvalue weighted by Crippen LogP contribution is -2.29. The summed E-state index contributed by atoms with van der Waals surface area (Å²) in [5.41, 5.74) is 2.03. The summed E-state index contributed by atoms with van der Waals surface area (Å²) >= 11 is 3.41. The van der Waals surface area contributed by atoms with E-state index in [4.69, 9.17) is 9.15 Å². The number of halogens is 1. The first-order valence-electron chi connectivity index (χ1n) is 9.37. The highest BCUT2D eigenvalue weighted by Crippen LogP contribution is 2.41. The van der Waals surface area contributed by atoms with Crippen molar-refractivity contribution in [1.29, 1.82) is 0 Å². The summed E-state index contributed by atoms with van der Waals surface area (Å²) in [6, 6.07) is 21.3. The number of anilines is 1. The van der Waals surface area contributed by atoms with E-state index in [0.29, 0.717) is 28.0 Å². The van der Waals surface area contributed by atoms with Gasteiger partial charge in [-0.1, -0.05) is 46.3 Å². The quantitative estimate of drug-likeness (QED) is 0.414. The molecule has 6 heteroatoms. The number of fused-ring (bicyclic) bond motifs is 2. The maximum atomic E-state index is 13.5. The third-order valence-electron chi connectivity index (χ3n) is 5.30. The molecule has 4 aromatic rings. The fourth-order valence-electron chi connectivity index (χ4n) is 3.90. The highest BCUT2D eigenvalue weighted by molar-refractivity contribution is 9.10. The van der Waals surface area contributed by atoms with Crippen molar-refractivity contribution in [3.8, 4) is 5.75 Å². The van der Waals surface area contributed by atoms with Gasteiger partial charge in [0, 0.05) is 10.2 Å². The number of benzene rings is 3. The van der Waals surface area contributed by atoms with Gasteiger partial charge in [0.15, 0.2) is 5.43 Å². The molecule has 1 aliphatic heterocycles. The Balaban J connectivity index is 1.79. The molecule has 0 aliphatic carbocycles. The molecule has 0 N–H and O–H groups in total. The van der Waals surface area contributed by atoms with E-state index in [1.807, 2.05) is 30.3 Å². The van der Waals surface area contributed by atoms with Crippen molar-refractivity contribution in [2.45, 2.75) is 6.04 Å². The van der Waals surface area contributed by atoms with Gasteiger partial charge in [0.05, 0.1) is 24.1 Å². The average molecular weight is 462 g/mol. The van der Waals surface area contributed by atoms with Gasteiger partial charge in [-0.15, -0.1) is 0 Å². The molecule has 1 unspecified atom stereocenters. The number of hydrogen-bond acceptors (Lipinski definition) is 4. The van der Waals surface area contributed by atoms with Crippen molar-refractivity contribution < 1.29 is 13.9 Å². The van der Waals surface area contributed by atoms with E-state index in [1.54, 1.807) is 54.5 Å². The Labute approximate surface area is 180 Å². The van der Waals surface area contributed by atoms with Gasteiger partial charge >= 0.3 is 0 Å². The molecule has 0 spiro atoms. The number of carbonyl (C=O) groups is 1. The minimum Gasteiger partial charge on any atom is -0.497 e. The van der Waals surface area contributed by atoms with E-state index in [-0.39, 0.29) is 17.1 Å². The number of hydrogen-bond donors (Lipinski definition) is 0. The minimum absolute atomic E-state index is 0.0829. The lowest BCUT2D eigenvalue weighted by Gasteiger charge is -2.25. The molecule has 0 fully saturated rings. The van der Waals surface area contributed by atoms with Crippen LogP contribution in [0.2, 0.25) is 0 Å². The fourth-order valence-corrected chi connectivity index (χ4v) is 4.27. The molecule has 5 nitrogen and oxygen atoms in total. The second-order valence-corrected chi connectivity index (χ2v) is 7.92. The predicted molar refractivity (Wildman–Crippen MR) is 118 cm³/mol. The molecule has 1 atom stereocenters. The number of ether oxygens (including phenoxy) is 1. The molecule has 2 heterocycles. The summed E-state index contributed by atoms with van der Waals surface area (Å²) in [6.07, 6.45) is 0. The standard InChI is InChI=1S/C24H16BrNO4/c1-29-17-10-8-16(9-11-17)26-21(14-5-3-2-4-6-14)20-22(27)18-13-15(25)7-12-19(18)30-23(20)24(26)28/h2-13,21H,1H3. The molecular formula is C24H16BrNO4. The van der Waals surface area contributed by atoms with E-state index in [9.17, 15) is 9.59 Å².